The smallest absolute Gasteiger partial charge is 0.170 e. The number of benzene rings is 1. The van der Waals surface area contributed by atoms with Crippen LogP contribution in [0.2, 0.25) is 0 Å². The molecule has 0 saturated carbocycles. The maximum absolute atomic E-state index is 14.3. The summed E-state index contributed by atoms with van der Waals surface area (Å²) in [5, 5.41) is 3.03. The molecule has 1 unspecified atom stereocenters. The average Bonchev–Trinajstić information content (AvgIpc) is 2.43. The summed E-state index contributed by atoms with van der Waals surface area (Å²) >= 11 is 0. The van der Waals surface area contributed by atoms with Crippen molar-refractivity contribution in [2.24, 2.45) is 0 Å². The Bertz CT molecular complexity index is 557. The molecule has 19 heavy (non-hydrogen) atoms. The van der Waals surface area contributed by atoms with Gasteiger partial charge in [-0.2, -0.15) is 0 Å². The number of hydrogen-bond donors (Lipinski definition) is 1. The summed E-state index contributed by atoms with van der Waals surface area (Å²) in [7, 11) is 3.19. The Balaban J connectivity index is 2.45. The second-order valence-corrected chi connectivity index (χ2v) is 4.20. The molecule has 0 saturated heterocycles. The van der Waals surface area contributed by atoms with Crippen molar-refractivity contribution in [1.29, 1.82) is 0 Å². The highest BCUT2D eigenvalue weighted by Crippen LogP contribution is 2.27. The van der Waals surface area contributed by atoms with Crippen molar-refractivity contribution in [1.82, 2.24) is 15.3 Å². The molecule has 0 aliphatic carbocycles. The lowest BCUT2D eigenvalue weighted by molar-refractivity contribution is 0.381. The molecule has 0 fully saturated rings. The third-order valence-corrected chi connectivity index (χ3v) is 2.87. The average molecular weight is 261 g/mol. The van der Waals surface area contributed by atoms with Crippen LogP contribution in [0.25, 0.3) is 0 Å². The van der Waals surface area contributed by atoms with Gasteiger partial charge in [-0.1, -0.05) is 12.1 Å². The van der Waals surface area contributed by atoms with Crippen molar-refractivity contribution >= 4 is 0 Å². The van der Waals surface area contributed by atoms with E-state index in [1.165, 1.54) is 7.11 Å². The number of aryl methyl sites for hydroxylation is 1. The monoisotopic (exact) mass is 261 g/mol. The van der Waals surface area contributed by atoms with Gasteiger partial charge in [0.25, 0.3) is 0 Å². The lowest BCUT2D eigenvalue weighted by atomic mass is 10.0. The molecule has 100 valence electrons. The molecule has 1 N–H and O–H groups in total. The highest BCUT2D eigenvalue weighted by molar-refractivity contribution is 5.35. The van der Waals surface area contributed by atoms with Crippen LogP contribution >= 0.6 is 0 Å². The van der Waals surface area contributed by atoms with E-state index < -0.39 is 11.9 Å². The van der Waals surface area contributed by atoms with Crippen LogP contribution in [0.15, 0.2) is 30.6 Å². The first-order valence-corrected chi connectivity index (χ1v) is 5.95. The summed E-state index contributed by atoms with van der Waals surface area (Å²) in [5.41, 5.74) is 1.43. The second-order valence-electron chi connectivity index (χ2n) is 4.20. The highest BCUT2D eigenvalue weighted by atomic mass is 19.1. The number of nitrogens with one attached hydrogen (secondary N) is 1. The maximum atomic E-state index is 14.3. The molecule has 1 atom stereocenters. The summed E-state index contributed by atoms with van der Waals surface area (Å²) in [5.74, 6) is 0.346. The third kappa shape index (κ3) is 2.71. The fourth-order valence-corrected chi connectivity index (χ4v) is 1.88. The number of hydrogen-bond acceptors (Lipinski definition) is 4. The van der Waals surface area contributed by atoms with Crippen molar-refractivity contribution in [2.75, 3.05) is 14.2 Å². The zero-order valence-electron chi connectivity index (χ0n) is 11.1. The van der Waals surface area contributed by atoms with Crippen LogP contribution in [0.4, 0.5) is 4.39 Å². The van der Waals surface area contributed by atoms with Crippen LogP contribution < -0.4 is 10.1 Å². The van der Waals surface area contributed by atoms with E-state index in [4.69, 9.17) is 4.74 Å². The third-order valence-electron chi connectivity index (χ3n) is 2.87. The maximum Gasteiger partial charge on any atom is 0.170 e. The first-order chi connectivity index (χ1) is 9.17. The number of nitrogens with zero attached hydrogens (tertiary/aromatic N) is 2. The Labute approximate surface area is 111 Å². The van der Waals surface area contributed by atoms with Crippen molar-refractivity contribution in [3.8, 4) is 5.75 Å². The number of methoxy groups -OCH3 is 1. The molecule has 1 aromatic carbocycles. The van der Waals surface area contributed by atoms with Gasteiger partial charge in [-0.3, -0.25) is 0 Å². The minimum atomic E-state index is -0.407. The summed E-state index contributed by atoms with van der Waals surface area (Å²) in [6.45, 7) is 1.91. The Morgan fingerprint density at radius 1 is 1.26 bits per heavy atom. The standard InChI is InChI=1S/C14H16FN3O/c1-9-7-17-14(18-8-9)13(16-2)10-5-4-6-11(19-3)12(10)15/h4-8,13,16H,1-3H3. The van der Waals surface area contributed by atoms with Crippen molar-refractivity contribution < 1.29 is 9.13 Å². The zero-order chi connectivity index (χ0) is 13.8. The summed E-state index contributed by atoms with van der Waals surface area (Å²) in [4.78, 5) is 8.48. The van der Waals surface area contributed by atoms with E-state index in [0.717, 1.165) is 5.56 Å². The molecule has 1 heterocycles. The van der Waals surface area contributed by atoms with Gasteiger partial charge in [0.05, 0.1) is 13.2 Å². The molecule has 0 amide bonds. The van der Waals surface area contributed by atoms with E-state index in [1.54, 1.807) is 37.6 Å². The zero-order valence-corrected chi connectivity index (χ0v) is 11.1. The Hall–Kier alpha value is -2.01. The molecule has 1 aromatic heterocycles. The summed E-state index contributed by atoms with van der Waals surface area (Å²) in [6, 6.07) is 4.62. The summed E-state index contributed by atoms with van der Waals surface area (Å²) in [6.07, 6.45) is 3.43. The molecule has 4 nitrogen and oxygen atoms in total. The predicted molar refractivity (Wildman–Crippen MR) is 70.6 cm³/mol. The molecular weight excluding hydrogens is 245 g/mol. The van der Waals surface area contributed by atoms with E-state index >= 15 is 0 Å². The SMILES string of the molecule is CNC(c1ncc(C)cn1)c1cccc(OC)c1F. The summed E-state index contributed by atoms with van der Waals surface area (Å²) < 4.78 is 19.2. The Morgan fingerprint density at radius 3 is 2.53 bits per heavy atom. The molecule has 0 radical (unpaired) electrons. The molecule has 0 bridgehead atoms. The highest BCUT2D eigenvalue weighted by Gasteiger charge is 2.20. The number of ether oxygens (including phenoxy) is 1. The van der Waals surface area contributed by atoms with Crippen LogP contribution in [-0.2, 0) is 0 Å². The van der Waals surface area contributed by atoms with Gasteiger partial charge in [0.15, 0.2) is 11.6 Å². The predicted octanol–water partition coefficient (Wildman–Crippen LogP) is 2.24. The van der Waals surface area contributed by atoms with Crippen molar-refractivity contribution in [3.63, 3.8) is 0 Å². The number of rotatable bonds is 4. The van der Waals surface area contributed by atoms with Gasteiger partial charge in [0.1, 0.15) is 5.82 Å². The van der Waals surface area contributed by atoms with Gasteiger partial charge in [0, 0.05) is 18.0 Å². The molecular formula is C14H16FN3O. The molecule has 5 heteroatoms. The fourth-order valence-electron chi connectivity index (χ4n) is 1.88. The first-order valence-electron chi connectivity index (χ1n) is 5.95. The normalized spacial score (nSPS) is 12.2. The van der Waals surface area contributed by atoms with Gasteiger partial charge in [0.2, 0.25) is 0 Å². The molecule has 0 spiro atoms. The van der Waals surface area contributed by atoms with Gasteiger partial charge in [-0.15, -0.1) is 0 Å². The van der Waals surface area contributed by atoms with E-state index in [2.05, 4.69) is 15.3 Å². The Morgan fingerprint density at radius 2 is 1.95 bits per heavy atom. The Kier molecular flexibility index (Phi) is 4.06. The van der Waals surface area contributed by atoms with Gasteiger partial charge in [-0.25, -0.2) is 14.4 Å². The minimum absolute atomic E-state index is 0.213. The quantitative estimate of drug-likeness (QED) is 0.917. The van der Waals surface area contributed by atoms with Crippen molar-refractivity contribution in [2.45, 2.75) is 13.0 Å². The van der Waals surface area contributed by atoms with Crippen molar-refractivity contribution in [3.05, 3.63) is 53.4 Å². The molecule has 2 rings (SSSR count). The number of aromatic nitrogens is 2. The van der Waals surface area contributed by atoms with Gasteiger partial charge in [-0.05, 0) is 25.6 Å². The lowest BCUT2D eigenvalue weighted by Crippen LogP contribution is -2.21. The second kappa shape index (κ2) is 5.75. The topological polar surface area (TPSA) is 47.0 Å². The molecule has 2 aromatic rings. The first kappa shape index (κ1) is 13.4. The molecule has 0 aliphatic heterocycles. The van der Waals surface area contributed by atoms with Crippen LogP contribution in [0.3, 0.4) is 0 Å². The van der Waals surface area contributed by atoms with E-state index in [1.807, 2.05) is 6.92 Å². The van der Waals surface area contributed by atoms with Crippen LogP contribution in [0, 0.1) is 12.7 Å². The van der Waals surface area contributed by atoms with Gasteiger partial charge >= 0.3 is 0 Å². The van der Waals surface area contributed by atoms with E-state index in [0.29, 0.717) is 11.4 Å². The largest absolute Gasteiger partial charge is 0.494 e. The van der Waals surface area contributed by atoms with E-state index in [9.17, 15) is 4.39 Å². The number of halogens is 1. The lowest BCUT2D eigenvalue weighted by Gasteiger charge is -2.17. The van der Waals surface area contributed by atoms with Gasteiger partial charge < -0.3 is 10.1 Å². The van der Waals surface area contributed by atoms with Crippen LogP contribution in [-0.4, -0.2) is 24.1 Å². The van der Waals surface area contributed by atoms with E-state index in [-0.39, 0.29) is 5.75 Å². The fraction of sp³-hybridized carbons (Fsp3) is 0.286. The minimum Gasteiger partial charge on any atom is -0.494 e. The molecule has 0 aliphatic rings. The van der Waals surface area contributed by atoms with Crippen LogP contribution in [0.5, 0.6) is 5.75 Å². The van der Waals surface area contributed by atoms with Crippen LogP contribution in [0.1, 0.15) is 23.0 Å².